The Bertz CT molecular complexity index is 478. The quantitative estimate of drug-likeness (QED) is 0.827. The molecule has 1 aromatic rings. The Kier molecular flexibility index (Phi) is 3.60. The van der Waals surface area contributed by atoms with Gasteiger partial charge in [-0.1, -0.05) is 12.1 Å². The smallest absolute Gasteiger partial charge is 0.254 e. The molecule has 1 fully saturated rings. The number of aryl methyl sites for hydroxylation is 1. The Balaban J connectivity index is 2.03. The van der Waals surface area contributed by atoms with Crippen molar-refractivity contribution in [3.05, 3.63) is 35.1 Å². The van der Waals surface area contributed by atoms with E-state index in [1.54, 1.807) is 19.1 Å². The van der Waals surface area contributed by atoms with Crippen molar-refractivity contribution in [2.45, 2.75) is 25.8 Å². The van der Waals surface area contributed by atoms with Gasteiger partial charge in [0, 0.05) is 19.0 Å². The highest BCUT2D eigenvalue weighted by molar-refractivity contribution is 5.95. The predicted octanol–water partition coefficient (Wildman–Crippen LogP) is 1.14. The summed E-state index contributed by atoms with van der Waals surface area (Å²) in [5.74, 6) is -0.936. The zero-order valence-corrected chi connectivity index (χ0v) is 10.1. The summed E-state index contributed by atoms with van der Waals surface area (Å²) in [4.78, 5) is 22.9. The maximum absolute atomic E-state index is 13.7. The van der Waals surface area contributed by atoms with Crippen molar-refractivity contribution in [3.63, 3.8) is 0 Å². The number of benzene rings is 1. The topological polar surface area (TPSA) is 58.2 Å². The van der Waals surface area contributed by atoms with Gasteiger partial charge in [-0.2, -0.15) is 0 Å². The molecule has 1 aliphatic heterocycles. The highest BCUT2D eigenvalue weighted by Crippen LogP contribution is 2.12. The molecular weight excluding hydrogens is 235 g/mol. The summed E-state index contributed by atoms with van der Waals surface area (Å²) in [6.45, 7) is 2.02. The molecule has 0 saturated carbocycles. The Morgan fingerprint density at radius 2 is 2.28 bits per heavy atom. The van der Waals surface area contributed by atoms with E-state index in [1.165, 1.54) is 6.07 Å². The molecule has 18 heavy (non-hydrogen) atoms. The number of carbonyl (C=O) groups is 2. The van der Waals surface area contributed by atoms with E-state index in [2.05, 4.69) is 10.6 Å². The number of carbonyl (C=O) groups excluding carboxylic acids is 2. The van der Waals surface area contributed by atoms with E-state index >= 15 is 0 Å². The molecule has 1 unspecified atom stereocenters. The van der Waals surface area contributed by atoms with Crippen molar-refractivity contribution in [2.24, 2.45) is 0 Å². The van der Waals surface area contributed by atoms with Gasteiger partial charge in [-0.15, -0.1) is 0 Å². The Morgan fingerprint density at radius 1 is 1.50 bits per heavy atom. The molecule has 96 valence electrons. The van der Waals surface area contributed by atoms with Gasteiger partial charge in [0.05, 0.1) is 5.56 Å². The Morgan fingerprint density at radius 3 is 2.94 bits per heavy atom. The molecule has 0 bridgehead atoms. The minimum Gasteiger partial charge on any atom is -0.354 e. The van der Waals surface area contributed by atoms with Crippen LogP contribution in [0.2, 0.25) is 0 Å². The van der Waals surface area contributed by atoms with Crippen LogP contribution in [0.15, 0.2) is 18.2 Å². The number of rotatable bonds is 2. The lowest BCUT2D eigenvalue weighted by Gasteiger charge is -2.23. The first-order chi connectivity index (χ1) is 8.58. The van der Waals surface area contributed by atoms with Crippen LogP contribution in [0.25, 0.3) is 0 Å². The van der Waals surface area contributed by atoms with Gasteiger partial charge in [0.25, 0.3) is 5.91 Å². The van der Waals surface area contributed by atoms with Crippen LogP contribution in [0.3, 0.4) is 0 Å². The fourth-order valence-electron chi connectivity index (χ4n) is 1.94. The van der Waals surface area contributed by atoms with Crippen molar-refractivity contribution in [1.82, 2.24) is 10.6 Å². The molecule has 1 aliphatic rings. The summed E-state index contributed by atoms with van der Waals surface area (Å²) in [6, 6.07) is 4.59. The van der Waals surface area contributed by atoms with Crippen LogP contribution in [0.4, 0.5) is 4.39 Å². The molecule has 1 saturated heterocycles. The second kappa shape index (κ2) is 5.16. The van der Waals surface area contributed by atoms with Crippen LogP contribution in [0.1, 0.15) is 28.8 Å². The Hall–Kier alpha value is -1.91. The largest absolute Gasteiger partial charge is 0.354 e. The highest BCUT2D eigenvalue weighted by atomic mass is 19.1. The summed E-state index contributed by atoms with van der Waals surface area (Å²) in [5, 5.41) is 5.40. The highest BCUT2D eigenvalue weighted by Gasteiger charge is 2.21. The van der Waals surface area contributed by atoms with E-state index in [0.29, 0.717) is 24.9 Å². The molecule has 0 aromatic heterocycles. The molecule has 0 radical (unpaired) electrons. The number of halogens is 1. The second-order valence-electron chi connectivity index (χ2n) is 4.45. The lowest BCUT2D eigenvalue weighted by molar-refractivity contribution is -0.122. The first-order valence-corrected chi connectivity index (χ1v) is 5.90. The number of amides is 2. The van der Waals surface area contributed by atoms with E-state index in [9.17, 15) is 14.0 Å². The third-order valence-electron chi connectivity index (χ3n) is 3.04. The van der Waals surface area contributed by atoms with Gasteiger partial charge in [-0.05, 0) is 25.0 Å². The third kappa shape index (κ3) is 2.67. The Labute approximate surface area is 105 Å². The number of hydrogen-bond acceptors (Lipinski definition) is 2. The maximum Gasteiger partial charge on any atom is 0.254 e. The minimum atomic E-state index is -0.491. The zero-order chi connectivity index (χ0) is 13.1. The number of piperidine rings is 1. The van der Waals surface area contributed by atoms with E-state index in [0.717, 1.165) is 0 Å². The van der Waals surface area contributed by atoms with Crippen molar-refractivity contribution in [3.8, 4) is 0 Å². The van der Waals surface area contributed by atoms with Crippen LogP contribution in [-0.4, -0.2) is 24.4 Å². The molecule has 0 spiro atoms. The van der Waals surface area contributed by atoms with Gasteiger partial charge in [0.15, 0.2) is 0 Å². The standard InChI is InChI=1S/C13H15FN2O2/c1-8-3-2-4-10(12(8)14)13(18)16-9-5-6-11(17)15-7-9/h2-4,9H,5-7H2,1H3,(H,15,17)(H,16,18). The summed E-state index contributed by atoms with van der Waals surface area (Å²) >= 11 is 0. The average molecular weight is 250 g/mol. The van der Waals surface area contributed by atoms with Crippen molar-refractivity contribution in [1.29, 1.82) is 0 Å². The summed E-state index contributed by atoms with van der Waals surface area (Å²) in [6.07, 6.45) is 0.978. The normalized spacial score (nSPS) is 19.2. The van der Waals surface area contributed by atoms with Crippen LogP contribution in [0, 0.1) is 12.7 Å². The van der Waals surface area contributed by atoms with E-state index < -0.39 is 11.7 Å². The van der Waals surface area contributed by atoms with Crippen molar-refractivity contribution >= 4 is 11.8 Å². The zero-order valence-electron chi connectivity index (χ0n) is 10.1. The second-order valence-corrected chi connectivity index (χ2v) is 4.45. The lowest BCUT2D eigenvalue weighted by atomic mass is 10.1. The van der Waals surface area contributed by atoms with E-state index in [-0.39, 0.29) is 17.5 Å². The number of nitrogens with one attached hydrogen (secondary N) is 2. The predicted molar refractivity (Wildman–Crippen MR) is 64.6 cm³/mol. The van der Waals surface area contributed by atoms with E-state index in [4.69, 9.17) is 0 Å². The van der Waals surface area contributed by atoms with Crippen LogP contribution >= 0.6 is 0 Å². The molecule has 2 rings (SSSR count). The van der Waals surface area contributed by atoms with Gasteiger partial charge in [0.1, 0.15) is 5.82 Å². The molecular formula is C13H15FN2O2. The first kappa shape index (κ1) is 12.5. The van der Waals surface area contributed by atoms with Crippen LogP contribution in [0.5, 0.6) is 0 Å². The summed E-state index contributed by atoms with van der Waals surface area (Å²) in [7, 11) is 0. The summed E-state index contributed by atoms with van der Waals surface area (Å²) < 4.78 is 13.7. The average Bonchev–Trinajstić information content (AvgIpc) is 2.35. The first-order valence-electron chi connectivity index (χ1n) is 5.90. The molecule has 2 amide bonds. The van der Waals surface area contributed by atoms with Crippen molar-refractivity contribution < 1.29 is 14.0 Å². The fraction of sp³-hybridized carbons (Fsp3) is 0.385. The number of hydrogen-bond donors (Lipinski definition) is 2. The van der Waals surface area contributed by atoms with Gasteiger partial charge >= 0.3 is 0 Å². The molecule has 2 N–H and O–H groups in total. The maximum atomic E-state index is 13.7. The lowest BCUT2D eigenvalue weighted by Crippen LogP contribution is -2.47. The molecule has 0 aliphatic carbocycles. The molecule has 5 heteroatoms. The van der Waals surface area contributed by atoms with Gasteiger partial charge in [-0.3, -0.25) is 9.59 Å². The van der Waals surface area contributed by atoms with Crippen LogP contribution < -0.4 is 10.6 Å². The third-order valence-corrected chi connectivity index (χ3v) is 3.04. The molecule has 1 aromatic carbocycles. The van der Waals surface area contributed by atoms with Gasteiger partial charge in [0.2, 0.25) is 5.91 Å². The molecule has 1 heterocycles. The monoisotopic (exact) mass is 250 g/mol. The minimum absolute atomic E-state index is 0.0118. The molecule has 1 atom stereocenters. The van der Waals surface area contributed by atoms with E-state index in [1.807, 2.05) is 0 Å². The fourth-order valence-corrected chi connectivity index (χ4v) is 1.94. The summed E-state index contributed by atoms with van der Waals surface area (Å²) in [5.41, 5.74) is 0.492. The van der Waals surface area contributed by atoms with Gasteiger partial charge in [-0.25, -0.2) is 4.39 Å². The van der Waals surface area contributed by atoms with Crippen LogP contribution in [-0.2, 0) is 4.79 Å². The van der Waals surface area contributed by atoms with Gasteiger partial charge < -0.3 is 10.6 Å². The molecule has 4 nitrogen and oxygen atoms in total. The SMILES string of the molecule is Cc1cccc(C(=O)NC2CCC(=O)NC2)c1F. The van der Waals surface area contributed by atoms with Crippen molar-refractivity contribution in [2.75, 3.05) is 6.54 Å².